The Balaban J connectivity index is 1.73. The van der Waals surface area contributed by atoms with Crippen LogP contribution >= 0.6 is 0 Å². The first-order valence-electron chi connectivity index (χ1n) is 12.1. The minimum atomic E-state index is -1.19. The molecule has 8 heteroatoms. The van der Waals surface area contributed by atoms with Gasteiger partial charge in [-0.3, -0.25) is 14.4 Å². The molecule has 0 saturated carbocycles. The van der Waals surface area contributed by atoms with Crippen molar-refractivity contribution in [3.8, 4) is 0 Å². The maximum Gasteiger partial charge on any atom is 0.312 e. The minimum Gasteiger partial charge on any atom is -0.465 e. The number of carbonyl (C=O) groups excluding carboxylic acids is 3. The third-order valence-corrected chi connectivity index (χ3v) is 7.24. The Kier molecular flexibility index (Phi) is 6.69. The van der Waals surface area contributed by atoms with Crippen LogP contribution in [0.2, 0.25) is 0 Å². The number of hydrogen-bond donors (Lipinski definition) is 1. The van der Waals surface area contributed by atoms with E-state index in [1.165, 1.54) is 0 Å². The zero-order chi connectivity index (χ0) is 23.8. The van der Waals surface area contributed by atoms with Crippen molar-refractivity contribution in [3.63, 3.8) is 0 Å². The molecule has 2 amide bonds. The molecule has 1 N–H and O–H groups in total. The van der Waals surface area contributed by atoms with Crippen LogP contribution in [0, 0.1) is 11.8 Å². The monoisotopic (exact) mass is 460 g/mol. The zero-order valence-electron chi connectivity index (χ0n) is 19.9. The third-order valence-electron chi connectivity index (χ3n) is 7.24. The molecule has 0 radical (unpaired) electrons. The second-order valence-corrected chi connectivity index (χ2v) is 10.4. The standard InChI is InChI=1S/C25H36N2O6/c1-24(2,3)27-14-10-12-25-19(18-17(33-25)11-6-9-16-32-23(18)31)21(29)26(20(25)22(27)30)13-7-4-5-8-15-28/h6,10-12,17-20,28H,4-5,7-9,13-16H2,1-3H3/t17-,18?,19+,20-,25?/m1/s1. The Morgan fingerprint density at radius 2 is 1.85 bits per heavy atom. The predicted molar refractivity (Wildman–Crippen MR) is 121 cm³/mol. The Hall–Kier alpha value is -2.19. The van der Waals surface area contributed by atoms with Gasteiger partial charge in [0.1, 0.15) is 17.6 Å². The van der Waals surface area contributed by atoms with Gasteiger partial charge < -0.3 is 24.4 Å². The molecule has 0 aromatic carbocycles. The number of aliphatic hydroxyl groups excluding tert-OH is 1. The topological polar surface area (TPSA) is 96.4 Å². The van der Waals surface area contributed by atoms with Gasteiger partial charge in [-0.15, -0.1) is 0 Å². The number of esters is 1. The number of cyclic esters (lactones) is 1. The number of amides is 2. The van der Waals surface area contributed by atoms with Gasteiger partial charge in [-0.1, -0.05) is 37.1 Å². The third kappa shape index (κ3) is 4.12. The number of carbonyl (C=O) groups is 3. The molecule has 4 rings (SSSR count). The average Bonchev–Trinajstić information content (AvgIpc) is 3.10. The van der Waals surface area contributed by atoms with Crippen molar-refractivity contribution in [1.29, 1.82) is 0 Å². The molecule has 0 bridgehead atoms. The quantitative estimate of drug-likeness (QED) is 0.369. The first-order chi connectivity index (χ1) is 15.7. The first kappa shape index (κ1) is 24.0. The summed E-state index contributed by atoms with van der Waals surface area (Å²) in [5.41, 5.74) is -1.62. The van der Waals surface area contributed by atoms with E-state index in [0.717, 1.165) is 19.3 Å². The lowest BCUT2D eigenvalue weighted by atomic mass is 9.77. The summed E-state index contributed by atoms with van der Waals surface area (Å²) in [6, 6.07) is -0.819. The van der Waals surface area contributed by atoms with E-state index in [4.69, 9.17) is 14.6 Å². The molecular formula is C25H36N2O6. The lowest BCUT2D eigenvalue weighted by molar-refractivity contribution is -0.155. The highest BCUT2D eigenvalue weighted by Gasteiger charge is 2.71. The van der Waals surface area contributed by atoms with Gasteiger partial charge >= 0.3 is 5.97 Å². The van der Waals surface area contributed by atoms with Crippen LogP contribution in [0.1, 0.15) is 52.9 Å². The lowest BCUT2D eigenvalue weighted by Gasteiger charge is -2.40. The van der Waals surface area contributed by atoms with Crippen molar-refractivity contribution in [1.82, 2.24) is 9.80 Å². The molecule has 182 valence electrons. The number of hydrogen-bond acceptors (Lipinski definition) is 6. The van der Waals surface area contributed by atoms with E-state index in [1.54, 1.807) is 9.80 Å². The van der Waals surface area contributed by atoms with Gasteiger partial charge in [-0.05, 0) is 40.0 Å². The molecule has 2 saturated heterocycles. The lowest BCUT2D eigenvalue weighted by Crippen LogP contribution is -2.58. The van der Waals surface area contributed by atoms with Gasteiger partial charge in [0.2, 0.25) is 11.8 Å². The highest BCUT2D eigenvalue weighted by atomic mass is 16.6. The van der Waals surface area contributed by atoms with E-state index in [9.17, 15) is 14.4 Å². The second kappa shape index (κ2) is 9.22. The molecule has 2 unspecified atom stereocenters. The maximum absolute atomic E-state index is 14.0. The summed E-state index contributed by atoms with van der Waals surface area (Å²) in [4.78, 5) is 44.2. The number of rotatable bonds is 6. The fraction of sp³-hybridized carbons (Fsp3) is 0.720. The number of aliphatic hydroxyl groups is 1. The van der Waals surface area contributed by atoms with E-state index < -0.39 is 41.1 Å². The van der Waals surface area contributed by atoms with E-state index in [2.05, 4.69) is 0 Å². The summed E-state index contributed by atoms with van der Waals surface area (Å²) in [7, 11) is 0. The first-order valence-corrected chi connectivity index (χ1v) is 12.1. The molecule has 2 fully saturated rings. The van der Waals surface area contributed by atoms with Gasteiger partial charge in [0.25, 0.3) is 0 Å². The molecule has 0 aliphatic carbocycles. The largest absolute Gasteiger partial charge is 0.465 e. The van der Waals surface area contributed by atoms with Gasteiger partial charge in [0.15, 0.2) is 0 Å². The molecule has 0 aromatic rings. The molecule has 0 aromatic heterocycles. The van der Waals surface area contributed by atoms with Crippen molar-refractivity contribution in [2.45, 2.75) is 76.2 Å². The normalized spacial score (nSPS) is 33.9. The Bertz CT molecular complexity index is 846. The maximum atomic E-state index is 14.0. The molecule has 4 aliphatic heterocycles. The number of nitrogens with zero attached hydrogens (tertiary/aromatic N) is 2. The molecule has 8 nitrogen and oxygen atoms in total. The second-order valence-electron chi connectivity index (χ2n) is 10.4. The van der Waals surface area contributed by atoms with Crippen molar-refractivity contribution in [2.24, 2.45) is 11.8 Å². The van der Waals surface area contributed by atoms with Gasteiger partial charge in [0, 0.05) is 25.2 Å². The van der Waals surface area contributed by atoms with Crippen molar-refractivity contribution in [3.05, 3.63) is 24.3 Å². The number of likely N-dealkylation sites (tertiary alicyclic amines) is 1. The van der Waals surface area contributed by atoms with Crippen LogP contribution in [0.3, 0.4) is 0 Å². The molecule has 33 heavy (non-hydrogen) atoms. The highest BCUT2D eigenvalue weighted by Crippen LogP contribution is 2.53. The molecule has 4 heterocycles. The molecular weight excluding hydrogens is 424 g/mol. The van der Waals surface area contributed by atoms with Crippen molar-refractivity contribution >= 4 is 17.8 Å². The zero-order valence-corrected chi connectivity index (χ0v) is 19.9. The summed E-state index contributed by atoms with van der Waals surface area (Å²) in [6.45, 7) is 7.20. The Labute approximate surface area is 195 Å². The molecule has 5 atom stereocenters. The van der Waals surface area contributed by atoms with Crippen LogP contribution in [0.5, 0.6) is 0 Å². The Morgan fingerprint density at radius 3 is 2.58 bits per heavy atom. The van der Waals surface area contributed by atoms with Crippen LogP contribution in [0.15, 0.2) is 24.3 Å². The summed E-state index contributed by atoms with van der Waals surface area (Å²) in [6.07, 6.45) is 10.7. The SMILES string of the molecule is CC(C)(C)N1CC=CC23O[C@@H]4C=CCCOC(=O)C4[C@H]2C(=O)N(CCCCCCO)[C@@H]3C1=O. The van der Waals surface area contributed by atoms with E-state index in [-0.39, 0.29) is 25.0 Å². The molecule has 4 aliphatic rings. The van der Waals surface area contributed by atoms with E-state index in [1.807, 2.05) is 45.1 Å². The minimum absolute atomic E-state index is 0.146. The van der Waals surface area contributed by atoms with Gasteiger partial charge in [-0.25, -0.2) is 0 Å². The number of unbranched alkanes of at least 4 members (excludes halogenated alkanes) is 3. The van der Waals surface area contributed by atoms with Crippen molar-refractivity contribution < 1.29 is 29.0 Å². The summed E-state index contributed by atoms with van der Waals surface area (Å²) < 4.78 is 12.0. The van der Waals surface area contributed by atoms with Crippen LogP contribution in [-0.4, -0.2) is 82.3 Å². The summed E-state index contributed by atoms with van der Waals surface area (Å²) in [5.74, 6) is -2.35. The molecule has 1 spiro atoms. The summed E-state index contributed by atoms with van der Waals surface area (Å²) >= 11 is 0. The van der Waals surface area contributed by atoms with Crippen LogP contribution < -0.4 is 0 Å². The van der Waals surface area contributed by atoms with Crippen LogP contribution in [-0.2, 0) is 23.9 Å². The highest BCUT2D eigenvalue weighted by molar-refractivity contribution is 5.99. The van der Waals surface area contributed by atoms with E-state index >= 15 is 0 Å². The number of ether oxygens (including phenoxy) is 2. The summed E-state index contributed by atoms with van der Waals surface area (Å²) in [5, 5.41) is 9.04. The fourth-order valence-corrected chi connectivity index (χ4v) is 5.70. The predicted octanol–water partition coefficient (Wildman–Crippen LogP) is 1.82. The smallest absolute Gasteiger partial charge is 0.312 e. The average molecular weight is 461 g/mol. The Morgan fingerprint density at radius 1 is 1.09 bits per heavy atom. The van der Waals surface area contributed by atoms with Crippen LogP contribution in [0.4, 0.5) is 0 Å². The van der Waals surface area contributed by atoms with E-state index in [0.29, 0.717) is 25.9 Å². The van der Waals surface area contributed by atoms with Gasteiger partial charge in [0.05, 0.1) is 18.6 Å². The van der Waals surface area contributed by atoms with Crippen LogP contribution in [0.25, 0.3) is 0 Å². The van der Waals surface area contributed by atoms with Crippen molar-refractivity contribution in [2.75, 3.05) is 26.3 Å². The van der Waals surface area contributed by atoms with Gasteiger partial charge in [-0.2, -0.15) is 0 Å². The fourth-order valence-electron chi connectivity index (χ4n) is 5.70. The number of fused-ring (bicyclic) bond motifs is 2.